The quantitative estimate of drug-likeness (QED) is 0.609. The molecule has 1 unspecified atom stereocenters. The van der Waals surface area contributed by atoms with Gasteiger partial charge in [0.2, 0.25) is 5.82 Å². The highest BCUT2D eigenvalue weighted by atomic mass is 19.4. The SMILES string of the molecule is CC1CN(c2ccc(C(F)(F)F)cc2)C(=O)c2c(-c3cnc(C(F)(F)F)[nH]3)cnn21. The van der Waals surface area contributed by atoms with Crippen molar-refractivity contribution < 1.29 is 31.1 Å². The van der Waals surface area contributed by atoms with Crippen molar-refractivity contribution in [3.8, 4) is 11.3 Å². The summed E-state index contributed by atoms with van der Waals surface area (Å²) in [7, 11) is 0. The number of hydrogen-bond donors (Lipinski definition) is 1. The molecule has 0 radical (unpaired) electrons. The lowest BCUT2D eigenvalue weighted by Crippen LogP contribution is -2.42. The van der Waals surface area contributed by atoms with E-state index in [-0.39, 0.29) is 35.2 Å². The highest BCUT2D eigenvalue weighted by Gasteiger charge is 2.37. The number of benzene rings is 1. The van der Waals surface area contributed by atoms with Crippen molar-refractivity contribution in [3.05, 3.63) is 53.7 Å². The second kappa shape index (κ2) is 6.61. The Bertz CT molecular complexity index is 1100. The van der Waals surface area contributed by atoms with Gasteiger partial charge in [0.1, 0.15) is 5.69 Å². The maximum absolute atomic E-state index is 13.1. The topological polar surface area (TPSA) is 66.8 Å². The number of fused-ring (bicyclic) bond motifs is 1. The van der Waals surface area contributed by atoms with E-state index in [1.54, 1.807) is 6.92 Å². The molecule has 0 saturated heterocycles. The average Bonchev–Trinajstić information content (AvgIpc) is 3.31. The number of alkyl halides is 6. The summed E-state index contributed by atoms with van der Waals surface area (Å²) in [4.78, 5) is 19.8. The minimum atomic E-state index is -4.69. The summed E-state index contributed by atoms with van der Waals surface area (Å²) in [5.41, 5.74) is -0.527. The Morgan fingerprint density at radius 2 is 1.70 bits per heavy atom. The largest absolute Gasteiger partial charge is 0.449 e. The molecule has 1 amide bonds. The van der Waals surface area contributed by atoms with Crippen LogP contribution >= 0.6 is 0 Å². The summed E-state index contributed by atoms with van der Waals surface area (Å²) in [5, 5.41) is 4.10. The van der Waals surface area contributed by atoms with Gasteiger partial charge in [-0.25, -0.2) is 4.98 Å². The molecule has 12 heteroatoms. The van der Waals surface area contributed by atoms with Crippen molar-refractivity contribution in [1.29, 1.82) is 0 Å². The molecule has 1 N–H and O–H groups in total. The van der Waals surface area contributed by atoms with Crippen molar-refractivity contribution >= 4 is 11.6 Å². The van der Waals surface area contributed by atoms with Gasteiger partial charge >= 0.3 is 12.4 Å². The molecule has 6 nitrogen and oxygen atoms in total. The Labute approximate surface area is 165 Å². The van der Waals surface area contributed by atoms with Crippen molar-refractivity contribution in [2.24, 2.45) is 0 Å². The summed E-state index contributed by atoms with van der Waals surface area (Å²) in [6.07, 6.45) is -6.99. The Hall–Kier alpha value is -3.31. The molecule has 2 aromatic heterocycles. The Morgan fingerprint density at radius 3 is 2.27 bits per heavy atom. The molecule has 0 saturated carbocycles. The van der Waals surface area contributed by atoms with Gasteiger partial charge in [0.25, 0.3) is 5.91 Å². The number of aromatic amines is 1. The third-order valence-electron chi connectivity index (χ3n) is 4.75. The predicted octanol–water partition coefficient (Wildman–Crippen LogP) is 4.53. The number of hydrogen-bond acceptors (Lipinski definition) is 3. The van der Waals surface area contributed by atoms with Gasteiger partial charge in [0.05, 0.1) is 35.3 Å². The van der Waals surface area contributed by atoms with Crippen LogP contribution in [0.3, 0.4) is 0 Å². The first-order valence-electron chi connectivity index (χ1n) is 8.66. The number of rotatable bonds is 2. The maximum Gasteiger partial charge on any atom is 0.449 e. The molecule has 1 aliphatic heterocycles. The van der Waals surface area contributed by atoms with E-state index in [1.165, 1.54) is 27.9 Å². The van der Waals surface area contributed by atoms with Gasteiger partial charge in [-0.1, -0.05) is 0 Å². The number of H-pyrrole nitrogens is 1. The van der Waals surface area contributed by atoms with Crippen LogP contribution in [0.2, 0.25) is 0 Å². The van der Waals surface area contributed by atoms with Gasteiger partial charge < -0.3 is 9.88 Å². The zero-order valence-corrected chi connectivity index (χ0v) is 15.2. The van der Waals surface area contributed by atoms with Gasteiger partial charge in [-0.3, -0.25) is 9.48 Å². The molecule has 3 aromatic rings. The third kappa shape index (κ3) is 3.31. The highest BCUT2D eigenvalue weighted by molar-refractivity contribution is 6.09. The molecule has 4 rings (SSSR count). The molecule has 0 spiro atoms. The molecule has 1 atom stereocenters. The van der Waals surface area contributed by atoms with Gasteiger partial charge in [0.15, 0.2) is 0 Å². The van der Waals surface area contributed by atoms with E-state index >= 15 is 0 Å². The van der Waals surface area contributed by atoms with E-state index < -0.39 is 29.6 Å². The molecular weight excluding hydrogens is 416 g/mol. The molecule has 0 aliphatic carbocycles. The zero-order valence-electron chi connectivity index (χ0n) is 15.2. The minimum Gasteiger partial charge on any atom is -0.334 e. The first-order chi connectivity index (χ1) is 14.0. The van der Waals surface area contributed by atoms with Crippen LogP contribution in [0, 0.1) is 0 Å². The molecule has 3 heterocycles. The standard InChI is InChI=1S/C18H13F6N5O/c1-9-8-28(11-4-2-10(3-5-11)17(19,20)21)15(30)14-12(6-26-29(9)14)13-7-25-16(27-13)18(22,23)24/h2-7,9H,8H2,1H3,(H,25,27). The van der Waals surface area contributed by atoms with Crippen LogP contribution in [0.4, 0.5) is 32.0 Å². The fraction of sp³-hybridized carbons (Fsp3) is 0.278. The second-order valence-corrected chi connectivity index (χ2v) is 6.80. The molecular formula is C18H13F6N5O. The number of amides is 1. The number of carbonyl (C=O) groups excluding carboxylic acids is 1. The lowest BCUT2D eigenvalue weighted by molar-refractivity contribution is -0.144. The number of nitrogens with one attached hydrogen (secondary N) is 1. The lowest BCUT2D eigenvalue weighted by atomic mass is 10.1. The van der Waals surface area contributed by atoms with Gasteiger partial charge in [0, 0.05) is 12.2 Å². The van der Waals surface area contributed by atoms with E-state index in [1.807, 2.05) is 0 Å². The molecule has 0 bridgehead atoms. The van der Waals surface area contributed by atoms with E-state index in [9.17, 15) is 31.1 Å². The van der Waals surface area contributed by atoms with Crippen molar-refractivity contribution in [1.82, 2.24) is 19.7 Å². The summed E-state index contributed by atoms with van der Waals surface area (Å²) in [6.45, 7) is 1.87. The third-order valence-corrected chi connectivity index (χ3v) is 4.75. The van der Waals surface area contributed by atoms with E-state index in [4.69, 9.17) is 0 Å². The van der Waals surface area contributed by atoms with Gasteiger partial charge in [-0.05, 0) is 31.2 Å². The number of carbonyl (C=O) groups is 1. The van der Waals surface area contributed by atoms with Crippen molar-refractivity contribution in [3.63, 3.8) is 0 Å². The normalized spacial score (nSPS) is 17.4. The summed E-state index contributed by atoms with van der Waals surface area (Å²) < 4.78 is 78.3. The summed E-state index contributed by atoms with van der Waals surface area (Å²) >= 11 is 0. The Kier molecular flexibility index (Phi) is 4.40. The van der Waals surface area contributed by atoms with E-state index in [0.717, 1.165) is 18.3 Å². The molecule has 1 aliphatic rings. The van der Waals surface area contributed by atoms with Crippen LogP contribution in [0.15, 0.2) is 36.7 Å². The predicted molar refractivity (Wildman–Crippen MR) is 92.6 cm³/mol. The number of anilines is 1. The van der Waals surface area contributed by atoms with Crippen LogP contribution in [-0.2, 0) is 12.4 Å². The number of halogens is 6. The van der Waals surface area contributed by atoms with E-state index in [2.05, 4.69) is 15.1 Å². The molecule has 0 fully saturated rings. The zero-order chi connectivity index (χ0) is 21.8. The summed E-state index contributed by atoms with van der Waals surface area (Å²) in [6, 6.07) is 3.72. The fourth-order valence-corrected chi connectivity index (χ4v) is 3.31. The maximum atomic E-state index is 13.1. The van der Waals surface area contributed by atoms with Crippen LogP contribution in [-0.4, -0.2) is 32.2 Å². The number of aromatic nitrogens is 4. The van der Waals surface area contributed by atoms with Crippen LogP contribution in [0.1, 0.15) is 34.8 Å². The Morgan fingerprint density at radius 1 is 1.03 bits per heavy atom. The van der Waals surface area contributed by atoms with Crippen molar-refractivity contribution in [2.75, 3.05) is 11.4 Å². The fourth-order valence-electron chi connectivity index (χ4n) is 3.31. The first-order valence-corrected chi connectivity index (χ1v) is 8.66. The number of nitrogens with zero attached hydrogens (tertiary/aromatic N) is 4. The van der Waals surface area contributed by atoms with Crippen LogP contribution < -0.4 is 4.90 Å². The molecule has 158 valence electrons. The van der Waals surface area contributed by atoms with Gasteiger partial charge in [-0.2, -0.15) is 31.4 Å². The highest BCUT2D eigenvalue weighted by Crippen LogP contribution is 2.35. The molecule has 30 heavy (non-hydrogen) atoms. The lowest BCUT2D eigenvalue weighted by Gasteiger charge is -2.32. The number of imidazole rings is 1. The van der Waals surface area contributed by atoms with Gasteiger partial charge in [-0.15, -0.1) is 0 Å². The second-order valence-electron chi connectivity index (χ2n) is 6.80. The summed E-state index contributed by atoms with van der Waals surface area (Å²) in [5.74, 6) is -1.81. The van der Waals surface area contributed by atoms with Crippen LogP contribution in [0.25, 0.3) is 11.3 Å². The molecule has 1 aromatic carbocycles. The van der Waals surface area contributed by atoms with Crippen molar-refractivity contribution in [2.45, 2.75) is 25.3 Å². The average molecular weight is 429 g/mol. The minimum absolute atomic E-state index is 0.0195. The van der Waals surface area contributed by atoms with E-state index in [0.29, 0.717) is 0 Å². The first kappa shape index (κ1) is 20.0. The smallest absolute Gasteiger partial charge is 0.334 e. The monoisotopic (exact) mass is 429 g/mol. The Balaban J connectivity index is 1.72. The van der Waals surface area contributed by atoms with Crippen LogP contribution in [0.5, 0.6) is 0 Å².